The summed E-state index contributed by atoms with van der Waals surface area (Å²) in [7, 11) is 1.58. The second-order valence-electron chi connectivity index (χ2n) is 5.72. The molecule has 0 radical (unpaired) electrons. The lowest BCUT2D eigenvalue weighted by Crippen LogP contribution is -2.28. The van der Waals surface area contributed by atoms with E-state index in [9.17, 15) is 4.79 Å². The zero-order valence-electron chi connectivity index (χ0n) is 14.9. The zero-order valence-corrected chi connectivity index (χ0v) is 16.5. The molecule has 136 valence electrons. The lowest BCUT2D eigenvalue weighted by atomic mass is 10.2. The summed E-state index contributed by atoms with van der Waals surface area (Å²) >= 11 is 3.27. The number of rotatable bonds is 7. The number of thiazole rings is 1. The summed E-state index contributed by atoms with van der Waals surface area (Å²) in [4.78, 5) is 18.9. The Hall–Kier alpha value is -2.38. The number of nitrogens with zero attached hydrogens (tertiary/aromatic N) is 1. The molecule has 0 saturated heterocycles. The van der Waals surface area contributed by atoms with Crippen LogP contribution < -0.4 is 14.8 Å². The van der Waals surface area contributed by atoms with Crippen molar-refractivity contribution in [3.05, 3.63) is 51.8 Å². The quantitative estimate of drug-likeness (QED) is 0.659. The Labute approximate surface area is 160 Å². The van der Waals surface area contributed by atoms with Crippen LogP contribution in [0.25, 0.3) is 9.88 Å². The van der Waals surface area contributed by atoms with Crippen LogP contribution in [0.3, 0.4) is 0 Å². The van der Waals surface area contributed by atoms with Crippen LogP contribution in [-0.2, 0) is 11.3 Å². The number of methoxy groups -OCH3 is 1. The summed E-state index contributed by atoms with van der Waals surface area (Å²) in [5.41, 5.74) is 2.01. The molecular formula is C19H20N2O3S2. The first-order chi connectivity index (χ1) is 12.6. The first-order valence-corrected chi connectivity index (χ1v) is 9.80. The third kappa shape index (κ3) is 4.42. The SMILES string of the molecule is COc1cc(C)ccc1OCC(=O)NCc1sc(-c2cccs2)nc1C. The highest BCUT2D eigenvalue weighted by Gasteiger charge is 2.12. The van der Waals surface area contributed by atoms with Crippen molar-refractivity contribution in [2.45, 2.75) is 20.4 Å². The van der Waals surface area contributed by atoms with Gasteiger partial charge in [0.15, 0.2) is 18.1 Å². The van der Waals surface area contributed by atoms with E-state index in [1.165, 1.54) is 0 Å². The molecule has 0 aliphatic carbocycles. The molecule has 0 aliphatic heterocycles. The van der Waals surface area contributed by atoms with E-state index in [0.29, 0.717) is 18.0 Å². The number of aromatic nitrogens is 1. The van der Waals surface area contributed by atoms with Crippen molar-refractivity contribution in [2.75, 3.05) is 13.7 Å². The monoisotopic (exact) mass is 388 g/mol. The molecule has 1 N–H and O–H groups in total. The topological polar surface area (TPSA) is 60.5 Å². The van der Waals surface area contributed by atoms with Crippen molar-refractivity contribution < 1.29 is 14.3 Å². The van der Waals surface area contributed by atoms with Gasteiger partial charge in [-0.05, 0) is 43.0 Å². The molecule has 1 aromatic carbocycles. The van der Waals surface area contributed by atoms with Crippen molar-refractivity contribution in [2.24, 2.45) is 0 Å². The molecule has 0 fully saturated rings. The van der Waals surface area contributed by atoms with Crippen molar-refractivity contribution in [3.63, 3.8) is 0 Å². The first-order valence-electron chi connectivity index (χ1n) is 8.11. The maximum atomic E-state index is 12.1. The number of hydrogen-bond donors (Lipinski definition) is 1. The van der Waals surface area contributed by atoms with Gasteiger partial charge in [0, 0.05) is 4.88 Å². The van der Waals surface area contributed by atoms with Gasteiger partial charge in [0.05, 0.1) is 24.2 Å². The van der Waals surface area contributed by atoms with E-state index in [0.717, 1.165) is 26.0 Å². The molecule has 7 heteroatoms. The van der Waals surface area contributed by atoms with Crippen LogP contribution in [0.1, 0.15) is 16.1 Å². The van der Waals surface area contributed by atoms with Crippen molar-refractivity contribution in [3.8, 4) is 21.4 Å². The highest BCUT2D eigenvalue weighted by Crippen LogP contribution is 2.31. The lowest BCUT2D eigenvalue weighted by Gasteiger charge is -2.11. The van der Waals surface area contributed by atoms with Crippen LogP contribution in [0.2, 0.25) is 0 Å². The largest absolute Gasteiger partial charge is 0.493 e. The molecule has 0 unspecified atom stereocenters. The summed E-state index contributed by atoms with van der Waals surface area (Å²) in [6.07, 6.45) is 0. The number of aryl methyl sites for hydroxylation is 2. The number of nitrogens with one attached hydrogen (secondary N) is 1. The van der Waals surface area contributed by atoms with Gasteiger partial charge in [0.25, 0.3) is 5.91 Å². The second kappa shape index (κ2) is 8.33. The van der Waals surface area contributed by atoms with Crippen LogP contribution in [0.15, 0.2) is 35.7 Å². The van der Waals surface area contributed by atoms with Gasteiger partial charge >= 0.3 is 0 Å². The average Bonchev–Trinajstić information content (AvgIpc) is 3.28. The fourth-order valence-electron chi connectivity index (χ4n) is 2.36. The normalized spacial score (nSPS) is 10.6. The molecule has 0 atom stereocenters. The number of ether oxygens (including phenoxy) is 2. The highest BCUT2D eigenvalue weighted by molar-refractivity contribution is 7.21. The molecule has 2 heterocycles. The van der Waals surface area contributed by atoms with Gasteiger partial charge in [-0.1, -0.05) is 12.1 Å². The van der Waals surface area contributed by atoms with E-state index in [1.54, 1.807) is 29.8 Å². The Morgan fingerprint density at radius 2 is 2.08 bits per heavy atom. The van der Waals surface area contributed by atoms with Gasteiger partial charge < -0.3 is 14.8 Å². The summed E-state index contributed by atoms with van der Waals surface area (Å²) in [6.45, 7) is 4.32. The third-order valence-corrected chi connectivity index (χ3v) is 5.95. The average molecular weight is 389 g/mol. The van der Waals surface area contributed by atoms with Crippen molar-refractivity contribution in [1.29, 1.82) is 0 Å². The van der Waals surface area contributed by atoms with E-state index < -0.39 is 0 Å². The third-order valence-electron chi connectivity index (χ3n) is 3.75. The minimum atomic E-state index is -0.182. The number of amides is 1. The second-order valence-corrected chi connectivity index (χ2v) is 7.76. The molecule has 0 saturated carbocycles. The van der Waals surface area contributed by atoms with Crippen LogP contribution in [0, 0.1) is 13.8 Å². The standard InChI is InChI=1S/C19H20N2O3S2/c1-12-6-7-14(15(9-12)23-3)24-11-18(22)20-10-17-13(2)21-19(26-17)16-5-4-8-25-16/h4-9H,10-11H2,1-3H3,(H,20,22). The fraction of sp³-hybridized carbons (Fsp3) is 0.263. The number of benzene rings is 1. The summed E-state index contributed by atoms with van der Waals surface area (Å²) in [5.74, 6) is 0.997. The van der Waals surface area contributed by atoms with E-state index in [-0.39, 0.29) is 12.5 Å². The Morgan fingerprint density at radius 3 is 2.81 bits per heavy atom. The Kier molecular flexibility index (Phi) is 5.90. The van der Waals surface area contributed by atoms with Crippen LogP contribution in [0.5, 0.6) is 11.5 Å². The minimum Gasteiger partial charge on any atom is -0.493 e. The number of carbonyl (C=O) groups is 1. The van der Waals surface area contributed by atoms with Gasteiger partial charge in [-0.3, -0.25) is 4.79 Å². The maximum Gasteiger partial charge on any atom is 0.258 e. The molecule has 3 aromatic rings. The summed E-state index contributed by atoms with van der Waals surface area (Å²) < 4.78 is 10.9. The maximum absolute atomic E-state index is 12.1. The van der Waals surface area contributed by atoms with Gasteiger partial charge in [-0.15, -0.1) is 22.7 Å². The van der Waals surface area contributed by atoms with E-state index in [2.05, 4.69) is 10.3 Å². The first kappa shape index (κ1) is 18.4. The number of carbonyl (C=O) groups excluding carboxylic acids is 1. The fourth-order valence-corrected chi connectivity index (χ4v) is 4.16. The predicted molar refractivity (Wildman–Crippen MR) is 105 cm³/mol. The molecule has 3 rings (SSSR count). The molecule has 26 heavy (non-hydrogen) atoms. The summed E-state index contributed by atoms with van der Waals surface area (Å²) in [6, 6.07) is 9.66. The van der Waals surface area contributed by atoms with E-state index in [1.807, 2.05) is 49.6 Å². The molecule has 5 nitrogen and oxygen atoms in total. The smallest absolute Gasteiger partial charge is 0.258 e. The van der Waals surface area contributed by atoms with Gasteiger partial charge in [0.1, 0.15) is 5.01 Å². The van der Waals surface area contributed by atoms with E-state index >= 15 is 0 Å². The predicted octanol–water partition coefficient (Wildman–Crippen LogP) is 4.19. The minimum absolute atomic E-state index is 0.0605. The highest BCUT2D eigenvalue weighted by atomic mass is 32.1. The molecule has 0 bridgehead atoms. The van der Waals surface area contributed by atoms with Gasteiger partial charge in [0.2, 0.25) is 0 Å². The number of hydrogen-bond acceptors (Lipinski definition) is 6. The number of thiophene rings is 1. The van der Waals surface area contributed by atoms with Gasteiger partial charge in [-0.25, -0.2) is 4.98 Å². The Morgan fingerprint density at radius 1 is 1.23 bits per heavy atom. The Balaban J connectivity index is 1.55. The Bertz CT molecular complexity index is 888. The van der Waals surface area contributed by atoms with Crippen LogP contribution >= 0.6 is 22.7 Å². The van der Waals surface area contributed by atoms with E-state index in [4.69, 9.17) is 9.47 Å². The van der Waals surface area contributed by atoms with Crippen molar-refractivity contribution in [1.82, 2.24) is 10.3 Å². The zero-order chi connectivity index (χ0) is 18.5. The van der Waals surface area contributed by atoms with Crippen LogP contribution in [0.4, 0.5) is 0 Å². The summed E-state index contributed by atoms with van der Waals surface area (Å²) in [5, 5.41) is 5.91. The molecule has 2 aromatic heterocycles. The molecule has 1 amide bonds. The molecule has 0 aliphatic rings. The molecule has 0 spiro atoms. The van der Waals surface area contributed by atoms with Crippen LogP contribution in [-0.4, -0.2) is 24.6 Å². The van der Waals surface area contributed by atoms with Crippen molar-refractivity contribution >= 4 is 28.6 Å². The van der Waals surface area contributed by atoms with Gasteiger partial charge in [-0.2, -0.15) is 0 Å². The molecular weight excluding hydrogens is 368 g/mol. The lowest BCUT2D eigenvalue weighted by molar-refractivity contribution is -0.123.